The fraction of sp³-hybridized carbons (Fsp3) is 0. The van der Waals surface area contributed by atoms with Gasteiger partial charge >= 0.3 is 59.7 Å². The van der Waals surface area contributed by atoms with Gasteiger partial charge in [-0.25, -0.2) is 0 Å². The van der Waals surface area contributed by atoms with E-state index in [1.807, 2.05) is 30.3 Å². The van der Waals surface area contributed by atoms with Crippen LogP contribution in [0.2, 0.25) is 0 Å². The summed E-state index contributed by atoms with van der Waals surface area (Å²) in [5, 5.41) is 0. The fourth-order valence-corrected chi connectivity index (χ4v) is 1.14. The van der Waals surface area contributed by atoms with E-state index >= 15 is 0 Å². The topological polar surface area (TPSA) is 0 Å². The van der Waals surface area contributed by atoms with Crippen molar-refractivity contribution < 1.29 is 13.8 Å². The van der Waals surface area contributed by atoms with Crippen molar-refractivity contribution in [3.05, 3.63) is 30.3 Å². The van der Waals surface area contributed by atoms with Gasteiger partial charge in [-0.3, -0.25) is 0 Å². The molecule has 0 spiro atoms. The first-order valence-electron chi connectivity index (χ1n) is 2.20. The van der Waals surface area contributed by atoms with Crippen molar-refractivity contribution in [2.75, 3.05) is 0 Å². The summed E-state index contributed by atoms with van der Waals surface area (Å²) in [6.45, 7) is 0. The van der Waals surface area contributed by atoms with Crippen molar-refractivity contribution in [1.29, 1.82) is 0 Å². The third-order valence-corrected chi connectivity index (χ3v) is 1.98. The SMILES string of the molecule is [SH][Cu][c]1ccccc1. The molecule has 0 saturated carbocycles. The molecule has 0 aromatic heterocycles. The molecule has 1 aromatic carbocycles. The van der Waals surface area contributed by atoms with E-state index in [1.54, 1.807) is 13.8 Å². The van der Waals surface area contributed by atoms with Gasteiger partial charge in [0.25, 0.3) is 0 Å². The Labute approximate surface area is 59.9 Å². The van der Waals surface area contributed by atoms with Crippen LogP contribution in [0.3, 0.4) is 0 Å². The molecule has 0 nitrogen and oxygen atoms in total. The summed E-state index contributed by atoms with van der Waals surface area (Å²) in [6.07, 6.45) is 0. The maximum absolute atomic E-state index is 4.02. The number of hydrogen-bond acceptors (Lipinski definition) is 1. The Bertz CT molecular complexity index is 150. The molecular formula is C6H6CuS. The van der Waals surface area contributed by atoms with Gasteiger partial charge in [0.1, 0.15) is 0 Å². The Hall–Kier alpha value is 0.0895. The molecule has 0 aliphatic carbocycles. The minimum atomic E-state index is 1.18. The monoisotopic (exact) mass is 173 g/mol. The number of rotatable bonds is 1. The molecule has 1 aromatic rings. The molecule has 0 unspecified atom stereocenters. The van der Waals surface area contributed by atoms with E-state index in [1.165, 1.54) is 4.46 Å². The molecule has 0 atom stereocenters. The van der Waals surface area contributed by atoms with Crippen molar-refractivity contribution >= 4 is 15.5 Å². The van der Waals surface area contributed by atoms with E-state index in [4.69, 9.17) is 0 Å². The zero-order chi connectivity index (χ0) is 5.82. The maximum atomic E-state index is 4.02. The second-order valence-corrected chi connectivity index (χ2v) is 2.63. The molecule has 1 rings (SSSR count). The minimum absolute atomic E-state index is 1.18. The Morgan fingerprint density at radius 3 is 2.12 bits per heavy atom. The van der Waals surface area contributed by atoms with Crippen LogP contribution in [0.5, 0.6) is 0 Å². The predicted molar refractivity (Wildman–Crippen MR) is 35.1 cm³/mol. The molecule has 0 aliphatic rings. The summed E-state index contributed by atoms with van der Waals surface area (Å²) in [7, 11) is 0. The standard InChI is InChI=1S/C6H5.Cu.H2S/c1-2-4-6-5-3-1;;/h1-5H;;1H2/q;+1;/p-1. The number of thiol groups is 1. The van der Waals surface area contributed by atoms with Gasteiger partial charge in [0.15, 0.2) is 0 Å². The molecule has 0 fully saturated rings. The molecule has 47 valence electrons. The third kappa shape index (κ3) is 1.55. The fourth-order valence-electron chi connectivity index (χ4n) is 0.445. The Morgan fingerprint density at radius 2 is 1.75 bits per heavy atom. The molecule has 0 heterocycles. The van der Waals surface area contributed by atoms with Gasteiger partial charge in [0, 0.05) is 0 Å². The normalized spacial score (nSPS) is 9.62. The first-order valence-corrected chi connectivity index (χ1v) is 4.20. The van der Waals surface area contributed by atoms with Crippen molar-refractivity contribution in [2.24, 2.45) is 0 Å². The third-order valence-electron chi connectivity index (χ3n) is 0.785. The van der Waals surface area contributed by atoms with Crippen LogP contribution in [0.15, 0.2) is 30.3 Å². The molecule has 8 heavy (non-hydrogen) atoms. The van der Waals surface area contributed by atoms with Crippen LogP contribution < -0.4 is 4.46 Å². The van der Waals surface area contributed by atoms with Gasteiger partial charge in [-0.05, 0) is 0 Å². The quantitative estimate of drug-likeness (QED) is 0.480. The number of benzene rings is 1. The molecule has 0 aliphatic heterocycles. The second-order valence-electron chi connectivity index (χ2n) is 1.32. The molecule has 0 bridgehead atoms. The summed E-state index contributed by atoms with van der Waals surface area (Å²) >= 11 is 5.56. The summed E-state index contributed by atoms with van der Waals surface area (Å²) in [6, 6.07) is 10.0. The van der Waals surface area contributed by atoms with Crippen LogP contribution in [0.1, 0.15) is 0 Å². The van der Waals surface area contributed by atoms with Crippen molar-refractivity contribution in [3.63, 3.8) is 0 Å². The summed E-state index contributed by atoms with van der Waals surface area (Å²) in [5.41, 5.74) is 0. The summed E-state index contributed by atoms with van der Waals surface area (Å²) in [4.78, 5) is 0. The Kier molecular flexibility index (Phi) is 2.47. The molecule has 0 radical (unpaired) electrons. The Balaban J connectivity index is 2.83. The molecule has 2 heteroatoms. The van der Waals surface area contributed by atoms with Crippen molar-refractivity contribution in [1.82, 2.24) is 0 Å². The van der Waals surface area contributed by atoms with Crippen LogP contribution in [0, 0.1) is 0 Å². The van der Waals surface area contributed by atoms with Crippen LogP contribution in [-0.2, 0) is 13.8 Å². The summed E-state index contributed by atoms with van der Waals surface area (Å²) in [5.74, 6) is 0. The van der Waals surface area contributed by atoms with Crippen LogP contribution in [0.25, 0.3) is 0 Å². The average molecular weight is 174 g/mol. The summed E-state index contributed by atoms with van der Waals surface area (Å²) < 4.78 is 1.18. The van der Waals surface area contributed by atoms with Gasteiger partial charge in [0.05, 0.1) is 0 Å². The van der Waals surface area contributed by atoms with E-state index in [-0.39, 0.29) is 0 Å². The first-order chi connectivity index (χ1) is 3.93. The van der Waals surface area contributed by atoms with Crippen molar-refractivity contribution in [3.8, 4) is 0 Å². The van der Waals surface area contributed by atoms with Crippen LogP contribution >= 0.6 is 11.0 Å². The van der Waals surface area contributed by atoms with Gasteiger partial charge in [-0.1, -0.05) is 0 Å². The zero-order valence-electron chi connectivity index (χ0n) is 4.14. The van der Waals surface area contributed by atoms with Gasteiger partial charge < -0.3 is 0 Å². The predicted octanol–water partition coefficient (Wildman–Crippen LogP) is 1.24. The van der Waals surface area contributed by atoms with Crippen LogP contribution in [-0.4, -0.2) is 0 Å². The van der Waals surface area contributed by atoms with Crippen LogP contribution in [0.4, 0.5) is 0 Å². The molecule has 0 amide bonds. The molecule has 0 saturated heterocycles. The van der Waals surface area contributed by atoms with Gasteiger partial charge in [0.2, 0.25) is 0 Å². The van der Waals surface area contributed by atoms with Crippen molar-refractivity contribution in [2.45, 2.75) is 0 Å². The van der Waals surface area contributed by atoms with E-state index in [0.717, 1.165) is 0 Å². The first kappa shape index (κ1) is 6.21. The van der Waals surface area contributed by atoms with E-state index in [2.05, 4.69) is 11.0 Å². The van der Waals surface area contributed by atoms with E-state index < -0.39 is 0 Å². The Morgan fingerprint density at radius 1 is 1.12 bits per heavy atom. The number of hydrogen-bond donors (Lipinski definition) is 1. The van der Waals surface area contributed by atoms with E-state index in [0.29, 0.717) is 0 Å². The molecular weight excluding hydrogens is 168 g/mol. The van der Waals surface area contributed by atoms with E-state index in [9.17, 15) is 0 Å². The average Bonchev–Trinajstić information content (AvgIpc) is 1.90. The molecule has 0 N–H and O–H groups in total. The zero-order valence-corrected chi connectivity index (χ0v) is 5.97. The van der Waals surface area contributed by atoms with Gasteiger partial charge in [-0.15, -0.1) is 0 Å². The second kappa shape index (κ2) is 3.18. The van der Waals surface area contributed by atoms with Gasteiger partial charge in [-0.2, -0.15) is 0 Å².